The first-order chi connectivity index (χ1) is 9.54. The summed E-state index contributed by atoms with van der Waals surface area (Å²) in [5.41, 5.74) is 1.25. The summed E-state index contributed by atoms with van der Waals surface area (Å²) in [5, 5.41) is 13.9. The van der Waals surface area contributed by atoms with E-state index in [2.05, 4.69) is 23.7 Å². The van der Waals surface area contributed by atoms with Crippen molar-refractivity contribution >= 4 is 23.2 Å². The van der Waals surface area contributed by atoms with Crippen LogP contribution in [0.2, 0.25) is 0 Å². The molecule has 5 heteroatoms. The average molecular weight is 295 g/mol. The van der Waals surface area contributed by atoms with Gasteiger partial charge in [-0.05, 0) is 36.8 Å². The highest BCUT2D eigenvalue weighted by Gasteiger charge is 2.45. The molecule has 0 radical (unpaired) electrons. The van der Waals surface area contributed by atoms with Crippen molar-refractivity contribution in [1.82, 2.24) is 5.32 Å². The van der Waals surface area contributed by atoms with Crippen LogP contribution < -0.4 is 5.32 Å². The van der Waals surface area contributed by atoms with E-state index in [1.54, 1.807) is 11.3 Å². The Balaban J connectivity index is 1.82. The number of amides is 1. The van der Waals surface area contributed by atoms with E-state index in [1.807, 2.05) is 6.92 Å². The number of carbonyl (C=O) groups is 2. The Hall–Kier alpha value is -1.36. The van der Waals surface area contributed by atoms with Crippen molar-refractivity contribution in [2.45, 2.75) is 39.0 Å². The summed E-state index contributed by atoms with van der Waals surface area (Å²) < 4.78 is 0. The van der Waals surface area contributed by atoms with Gasteiger partial charge in [-0.2, -0.15) is 0 Å². The third-order valence-electron chi connectivity index (χ3n) is 3.87. The fourth-order valence-corrected chi connectivity index (χ4v) is 3.66. The van der Waals surface area contributed by atoms with Gasteiger partial charge in [0.05, 0.1) is 5.92 Å². The lowest BCUT2D eigenvalue weighted by molar-refractivity contribution is -0.142. The van der Waals surface area contributed by atoms with Crippen molar-refractivity contribution < 1.29 is 14.7 Å². The molecular weight excluding hydrogens is 274 g/mol. The van der Waals surface area contributed by atoms with Gasteiger partial charge in [-0.3, -0.25) is 9.59 Å². The molecule has 1 fully saturated rings. The molecule has 1 aliphatic rings. The molecule has 4 nitrogen and oxygen atoms in total. The molecule has 0 bridgehead atoms. The lowest BCUT2D eigenvalue weighted by Crippen LogP contribution is -2.34. The van der Waals surface area contributed by atoms with Gasteiger partial charge in [0, 0.05) is 23.3 Å². The zero-order valence-electron chi connectivity index (χ0n) is 11.9. The molecule has 1 amide bonds. The molecule has 0 aliphatic heterocycles. The lowest BCUT2D eigenvalue weighted by Gasteiger charge is -2.12. The third kappa shape index (κ3) is 3.39. The fourth-order valence-electron chi connectivity index (χ4n) is 2.56. The molecule has 110 valence electrons. The number of hydrogen-bond donors (Lipinski definition) is 2. The predicted molar refractivity (Wildman–Crippen MR) is 78.9 cm³/mol. The standard InChI is InChI=1S/C15H21NO3S/c1-3-4-10(15(18)19)8-16-14(17)12-7-11(12)13-9(2)5-6-20-13/h5-6,10-12H,3-4,7-8H2,1-2H3,(H,16,17)(H,18,19). The van der Waals surface area contributed by atoms with Crippen LogP contribution in [0.25, 0.3) is 0 Å². The third-order valence-corrected chi connectivity index (χ3v) is 5.03. The number of aryl methyl sites for hydroxylation is 1. The van der Waals surface area contributed by atoms with Crippen molar-refractivity contribution in [2.24, 2.45) is 11.8 Å². The zero-order chi connectivity index (χ0) is 14.7. The Labute approximate surface area is 123 Å². The molecule has 1 saturated carbocycles. The maximum absolute atomic E-state index is 12.1. The second-order valence-electron chi connectivity index (χ2n) is 5.49. The Bertz CT molecular complexity index is 497. The molecular formula is C15H21NO3S. The van der Waals surface area contributed by atoms with Gasteiger partial charge in [0.2, 0.25) is 5.91 Å². The van der Waals surface area contributed by atoms with Crippen LogP contribution in [0.4, 0.5) is 0 Å². The van der Waals surface area contributed by atoms with Crippen LogP contribution in [-0.4, -0.2) is 23.5 Å². The van der Waals surface area contributed by atoms with Gasteiger partial charge in [0.15, 0.2) is 0 Å². The first-order valence-electron chi connectivity index (χ1n) is 7.09. The summed E-state index contributed by atoms with van der Waals surface area (Å²) in [6, 6.07) is 2.08. The number of rotatable bonds is 7. The molecule has 1 aromatic heterocycles. The second-order valence-corrected chi connectivity index (χ2v) is 6.43. The van der Waals surface area contributed by atoms with E-state index in [0.29, 0.717) is 12.3 Å². The summed E-state index contributed by atoms with van der Waals surface area (Å²) in [7, 11) is 0. The van der Waals surface area contributed by atoms with E-state index in [1.165, 1.54) is 10.4 Å². The van der Waals surface area contributed by atoms with Gasteiger partial charge in [-0.25, -0.2) is 0 Å². The number of hydrogen-bond acceptors (Lipinski definition) is 3. The van der Waals surface area contributed by atoms with E-state index >= 15 is 0 Å². The number of aliphatic carboxylic acids is 1. The Morgan fingerprint density at radius 3 is 2.85 bits per heavy atom. The lowest BCUT2D eigenvalue weighted by atomic mass is 10.0. The van der Waals surface area contributed by atoms with Crippen LogP contribution in [0.1, 0.15) is 42.5 Å². The van der Waals surface area contributed by atoms with E-state index < -0.39 is 11.9 Å². The average Bonchev–Trinajstić information content (AvgIpc) is 3.09. The molecule has 2 rings (SSSR count). The SMILES string of the molecule is CCCC(CNC(=O)C1CC1c1sccc1C)C(=O)O. The van der Waals surface area contributed by atoms with Gasteiger partial charge < -0.3 is 10.4 Å². The molecule has 0 saturated heterocycles. The van der Waals surface area contributed by atoms with Gasteiger partial charge in [0.1, 0.15) is 0 Å². The Kier molecular flexibility index (Phi) is 4.81. The van der Waals surface area contributed by atoms with E-state index in [-0.39, 0.29) is 18.4 Å². The molecule has 3 unspecified atom stereocenters. The number of carboxylic acid groups (broad SMARTS) is 1. The minimum absolute atomic E-state index is 0.00477. The van der Waals surface area contributed by atoms with Crippen LogP contribution in [0, 0.1) is 18.8 Å². The summed E-state index contributed by atoms with van der Waals surface area (Å²) in [6.45, 7) is 4.27. The molecule has 0 aromatic carbocycles. The Morgan fingerprint density at radius 2 is 2.30 bits per heavy atom. The van der Waals surface area contributed by atoms with Crippen LogP contribution in [-0.2, 0) is 9.59 Å². The van der Waals surface area contributed by atoms with Crippen LogP contribution >= 0.6 is 11.3 Å². The molecule has 20 heavy (non-hydrogen) atoms. The molecule has 1 aliphatic carbocycles. The quantitative estimate of drug-likeness (QED) is 0.813. The fraction of sp³-hybridized carbons (Fsp3) is 0.600. The topological polar surface area (TPSA) is 66.4 Å². The largest absolute Gasteiger partial charge is 0.481 e. The monoisotopic (exact) mass is 295 g/mol. The number of nitrogens with one attached hydrogen (secondary N) is 1. The van der Waals surface area contributed by atoms with E-state index in [9.17, 15) is 9.59 Å². The highest BCUT2D eigenvalue weighted by atomic mass is 32.1. The first-order valence-corrected chi connectivity index (χ1v) is 7.97. The van der Waals surface area contributed by atoms with Gasteiger partial charge in [0.25, 0.3) is 0 Å². The van der Waals surface area contributed by atoms with Gasteiger partial charge in [-0.15, -0.1) is 11.3 Å². The minimum atomic E-state index is -0.825. The van der Waals surface area contributed by atoms with Gasteiger partial charge >= 0.3 is 5.97 Å². The highest BCUT2D eigenvalue weighted by molar-refractivity contribution is 7.10. The van der Waals surface area contributed by atoms with Crippen molar-refractivity contribution in [3.8, 4) is 0 Å². The maximum atomic E-state index is 12.1. The molecule has 2 N–H and O–H groups in total. The van der Waals surface area contributed by atoms with Crippen molar-refractivity contribution in [1.29, 1.82) is 0 Å². The Morgan fingerprint density at radius 1 is 1.55 bits per heavy atom. The number of carboxylic acids is 1. The predicted octanol–water partition coefficient (Wildman–Crippen LogP) is 2.78. The van der Waals surface area contributed by atoms with E-state index in [4.69, 9.17) is 5.11 Å². The summed E-state index contributed by atoms with van der Waals surface area (Å²) in [5.74, 6) is -0.920. The van der Waals surface area contributed by atoms with Crippen LogP contribution in [0.3, 0.4) is 0 Å². The summed E-state index contributed by atoms with van der Waals surface area (Å²) in [6.07, 6.45) is 2.31. The van der Waals surface area contributed by atoms with Crippen molar-refractivity contribution in [3.63, 3.8) is 0 Å². The van der Waals surface area contributed by atoms with Crippen LogP contribution in [0.15, 0.2) is 11.4 Å². The molecule has 0 spiro atoms. The maximum Gasteiger partial charge on any atom is 0.308 e. The minimum Gasteiger partial charge on any atom is -0.481 e. The van der Waals surface area contributed by atoms with E-state index in [0.717, 1.165) is 12.8 Å². The molecule has 3 atom stereocenters. The van der Waals surface area contributed by atoms with Gasteiger partial charge in [-0.1, -0.05) is 13.3 Å². The first kappa shape index (κ1) is 15.0. The summed E-state index contributed by atoms with van der Waals surface area (Å²) in [4.78, 5) is 24.4. The zero-order valence-corrected chi connectivity index (χ0v) is 12.7. The molecule has 1 heterocycles. The summed E-state index contributed by atoms with van der Waals surface area (Å²) >= 11 is 1.70. The number of thiophene rings is 1. The normalized spacial score (nSPS) is 22.3. The van der Waals surface area contributed by atoms with Crippen LogP contribution in [0.5, 0.6) is 0 Å². The van der Waals surface area contributed by atoms with Crippen molar-refractivity contribution in [3.05, 3.63) is 21.9 Å². The molecule has 1 aromatic rings. The number of carbonyl (C=O) groups excluding carboxylic acids is 1. The van der Waals surface area contributed by atoms with Crippen molar-refractivity contribution in [2.75, 3.05) is 6.54 Å². The highest BCUT2D eigenvalue weighted by Crippen LogP contribution is 2.50. The smallest absolute Gasteiger partial charge is 0.308 e. The second kappa shape index (κ2) is 6.39.